The Bertz CT molecular complexity index is 1360. The summed E-state index contributed by atoms with van der Waals surface area (Å²) in [5.41, 5.74) is 3.97. The van der Waals surface area contributed by atoms with Gasteiger partial charge in [-0.3, -0.25) is 14.5 Å². The van der Waals surface area contributed by atoms with Crippen molar-refractivity contribution in [2.24, 2.45) is 0 Å². The number of ketones is 1. The molecule has 0 spiro atoms. The molecule has 2 aromatic carbocycles. The highest BCUT2D eigenvalue weighted by Gasteiger charge is 2.49. The van der Waals surface area contributed by atoms with E-state index in [0.29, 0.717) is 16.8 Å². The second-order valence-electron chi connectivity index (χ2n) is 7.82. The van der Waals surface area contributed by atoms with E-state index in [9.17, 15) is 14.7 Å². The fraction of sp³-hybridized carbons (Fsp3) is 0.160. The number of benzene rings is 2. The maximum atomic E-state index is 13.1. The number of hydrogen-bond acceptors (Lipinski definition) is 5. The summed E-state index contributed by atoms with van der Waals surface area (Å²) in [6, 6.07) is 15.3. The highest BCUT2D eigenvalue weighted by molar-refractivity contribution is 6.51. The van der Waals surface area contributed by atoms with Gasteiger partial charge in [-0.2, -0.15) is 0 Å². The predicted molar refractivity (Wildman–Crippen MR) is 120 cm³/mol. The topological polar surface area (TPSA) is 99.4 Å². The van der Waals surface area contributed by atoms with Gasteiger partial charge in [0.2, 0.25) is 5.95 Å². The molecular weight excluding hydrogens is 406 g/mol. The van der Waals surface area contributed by atoms with Crippen molar-refractivity contribution in [3.63, 3.8) is 0 Å². The number of Topliss-reactive ketones (excluding diaryl/α,β-unsaturated/α-hetero) is 1. The summed E-state index contributed by atoms with van der Waals surface area (Å²) in [5.74, 6) is -1.25. The van der Waals surface area contributed by atoms with E-state index < -0.39 is 17.7 Å². The van der Waals surface area contributed by atoms with Gasteiger partial charge in [-0.15, -0.1) is 0 Å². The minimum Gasteiger partial charge on any atom is -0.507 e. The van der Waals surface area contributed by atoms with Crippen molar-refractivity contribution in [2.45, 2.75) is 26.3 Å². The van der Waals surface area contributed by atoms with Gasteiger partial charge in [0, 0.05) is 5.56 Å². The summed E-state index contributed by atoms with van der Waals surface area (Å²) >= 11 is 0. The van der Waals surface area contributed by atoms with E-state index in [4.69, 9.17) is 4.42 Å². The van der Waals surface area contributed by atoms with Crippen LogP contribution in [0.1, 0.15) is 35.4 Å². The molecule has 160 valence electrons. The maximum Gasteiger partial charge on any atom is 0.302 e. The molecule has 1 aliphatic heterocycles. The number of aliphatic hydroxyl groups excluding tert-OH is 1. The van der Waals surface area contributed by atoms with Crippen LogP contribution in [0, 0.1) is 6.92 Å². The number of aliphatic hydroxyl groups is 1. The Morgan fingerprint density at radius 1 is 1.16 bits per heavy atom. The van der Waals surface area contributed by atoms with Crippen LogP contribution in [0.5, 0.6) is 0 Å². The van der Waals surface area contributed by atoms with E-state index in [1.54, 1.807) is 24.3 Å². The summed E-state index contributed by atoms with van der Waals surface area (Å²) in [6.45, 7) is 3.99. The zero-order valence-electron chi connectivity index (χ0n) is 17.6. The van der Waals surface area contributed by atoms with Crippen LogP contribution in [-0.4, -0.2) is 26.8 Å². The van der Waals surface area contributed by atoms with Crippen LogP contribution in [-0.2, 0) is 16.0 Å². The van der Waals surface area contributed by atoms with Crippen LogP contribution in [0.2, 0.25) is 0 Å². The molecule has 1 atom stereocenters. The molecular formula is C25H21N3O4. The molecule has 1 amide bonds. The molecule has 0 radical (unpaired) electrons. The van der Waals surface area contributed by atoms with Crippen LogP contribution in [0.3, 0.4) is 0 Å². The van der Waals surface area contributed by atoms with E-state index >= 15 is 0 Å². The van der Waals surface area contributed by atoms with E-state index in [1.165, 1.54) is 11.2 Å². The maximum absolute atomic E-state index is 13.1. The predicted octanol–water partition coefficient (Wildman–Crippen LogP) is 4.65. The van der Waals surface area contributed by atoms with Gasteiger partial charge in [0.05, 0.1) is 22.9 Å². The van der Waals surface area contributed by atoms with Gasteiger partial charge in [-0.25, -0.2) is 4.98 Å². The number of carbonyl (C=O) groups excluding carboxylic acids is 2. The third-order valence-electron chi connectivity index (χ3n) is 5.75. The first-order valence-electron chi connectivity index (χ1n) is 10.4. The third kappa shape index (κ3) is 3.10. The number of imidazole rings is 1. The van der Waals surface area contributed by atoms with E-state index in [1.807, 2.05) is 44.2 Å². The van der Waals surface area contributed by atoms with Gasteiger partial charge in [0.1, 0.15) is 17.6 Å². The molecule has 0 bridgehead atoms. The molecule has 1 fully saturated rings. The van der Waals surface area contributed by atoms with Crippen molar-refractivity contribution < 1.29 is 19.1 Å². The molecule has 3 heterocycles. The van der Waals surface area contributed by atoms with E-state index in [0.717, 1.165) is 23.1 Å². The normalized spacial score (nSPS) is 18.1. The number of amides is 1. The molecule has 32 heavy (non-hydrogen) atoms. The SMILES string of the molecule is CCc1ccc(/C(O)=C2\C(=O)C(=O)N(c3nc4ccc(C)cc4[nH]3)C2c2ccco2)cc1. The highest BCUT2D eigenvalue weighted by atomic mass is 16.3. The van der Waals surface area contributed by atoms with Gasteiger partial charge in [-0.05, 0) is 48.7 Å². The lowest BCUT2D eigenvalue weighted by Gasteiger charge is -2.20. The van der Waals surface area contributed by atoms with Crippen molar-refractivity contribution in [1.29, 1.82) is 0 Å². The summed E-state index contributed by atoms with van der Waals surface area (Å²) in [6.07, 6.45) is 2.32. The second-order valence-corrected chi connectivity index (χ2v) is 7.82. The molecule has 7 nitrogen and oxygen atoms in total. The number of rotatable bonds is 4. The van der Waals surface area contributed by atoms with E-state index in [2.05, 4.69) is 9.97 Å². The molecule has 7 heteroatoms. The quantitative estimate of drug-likeness (QED) is 0.280. The van der Waals surface area contributed by atoms with Crippen molar-refractivity contribution >= 4 is 34.4 Å². The van der Waals surface area contributed by atoms with Gasteiger partial charge in [0.25, 0.3) is 5.78 Å². The second kappa shape index (κ2) is 7.53. The minimum absolute atomic E-state index is 0.0363. The molecule has 1 unspecified atom stereocenters. The highest BCUT2D eigenvalue weighted by Crippen LogP contribution is 2.41. The number of aromatic amines is 1. The smallest absolute Gasteiger partial charge is 0.302 e. The number of aromatic nitrogens is 2. The Hall–Kier alpha value is -4.13. The zero-order valence-corrected chi connectivity index (χ0v) is 17.6. The van der Waals surface area contributed by atoms with Crippen LogP contribution < -0.4 is 4.90 Å². The molecule has 1 aliphatic rings. The average Bonchev–Trinajstić information content (AvgIpc) is 3.52. The Kier molecular flexibility index (Phi) is 4.66. The van der Waals surface area contributed by atoms with Gasteiger partial charge >= 0.3 is 5.91 Å². The molecule has 2 N–H and O–H groups in total. The molecule has 0 aliphatic carbocycles. The van der Waals surface area contributed by atoms with Crippen LogP contribution in [0.25, 0.3) is 16.8 Å². The fourth-order valence-electron chi connectivity index (χ4n) is 4.04. The zero-order chi connectivity index (χ0) is 22.4. The van der Waals surface area contributed by atoms with Crippen molar-refractivity contribution in [3.05, 3.63) is 88.9 Å². The first-order valence-corrected chi connectivity index (χ1v) is 10.4. The molecule has 4 aromatic rings. The van der Waals surface area contributed by atoms with Crippen LogP contribution in [0.15, 0.2) is 70.9 Å². The lowest BCUT2D eigenvalue weighted by molar-refractivity contribution is -0.132. The van der Waals surface area contributed by atoms with Crippen LogP contribution >= 0.6 is 0 Å². The lowest BCUT2D eigenvalue weighted by Crippen LogP contribution is -2.30. The van der Waals surface area contributed by atoms with E-state index in [-0.39, 0.29) is 17.3 Å². The molecule has 2 aromatic heterocycles. The summed E-state index contributed by atoms with van der Waals surface area (Å²) in [5, 5.41) is 11.1. The number of nitrogens with zero attached hydrogens (tertiary/aromatic N) is 2. The van der Waals surface area contributed by atoms with Crippen molar-refractivity contribution in [1.82, 2.24) is 9.97 Å². The van der Waals surface area contributed by atoms with Gasteiger partial charge < -0.3 is 14.5 Å². The number of aryl methyl sites for hydroxylation is 2. The van der Waals surface area contributed by atoms with Gasteiger partial charge in [-0.1, -0.05) is 37.3 Å². The summed E-state index contributed by atoms with van der Waals surface area (Å²) in [4.78, 5) is 35.1. The number of H-pyrrole nitrogens is 1. The molecule has 0 saturated carbocycles. The number of hydrogen-bond donors (Lipinski definition) is 2. The van der Waals surface area contributed by atoms with Crippen molar-refractivity contribution in [2.75, 3.05) is 4.90 Å². The fourth-order valence-corrected chi connectivity index (χ4v) is 4.04. The first kappa shape index (κ1) is 19.8. The molecule has 5 rings (SSSR count). The number of fused-ring (bicyclic) bond motifs is 1. The average molecular weight is 427 g/mol. The minimum atomic E-state index is -0.947. The monoisotopic (exact) mass is 427 g/mol. The first-order chi connectivity index (χ1) is 15.5. The standard InChI is InChI=1S/C25H21N3O4/c1-3-15-7-9-16(10-8-15)22(29)20-21(19-5-4-12-32-19)28(24(31)23(20)30)25-26-17-11-6-14(2)13-18(17)27-25/h4-13,21,29H,3H2,1-2H3,(H,26,27)/b22-20+. The molecule has 1 saturated heterocycles. The Balaban J connectivity index is 1.68. The Morgan fingerprint density at radius 3 is 2.62 bits per heavy atom. The van der Waals surface area contributed by atoms with Crippen molar-refractivity contribution in [3.8, 4) is 0 Å². The van der Waals surface area contributed by atoms with Crippen LogP contribution in [0.4, 0.5) is 5.95 Å². The number of carbonyl (C=O) groups is 2. The number of anilines is 1. The summed E-state index contributed by atoms with van der Waals surface area (Å²) < 4.78 is 5.58. The Morgan fingerprint density at radius 2 is 1.94 bits per heavy atom. The summed E-state index contributed by atoms with van der Waals surface area (Å²) in [7, 11) is 0. The lowest BCUT2D eigenvalue weighted by atomic mass is 9.98. The number of nitrogens with one attached hydrogen (secondary N) is 1. The third-order valence-corrected chi connectivity index (χ3v) is 5.75. The largest absolute Gasteiger partial charge is 0.507 e. The van der Waals surface area contributed by atoms with Gasteiger partial charge in [0.15, 0.2) is 0 Å². The Labute approximate surface area is 184 Å². The number of furan rings is 1.